The van der Waals surface area contributed by atoms with Crippen LogP contribution >= 0.6 is 58.0 Å². The topological polar surface area (TPSA) is 12.9 Å². The Bertz CT molecular complexity index is 582. The van der Waals surface area contributed by atoms with E-state index in [4.69, 9.17) is 58.0 Å². The zero-order valence-electron chi connectivity index (χ0n) is 8.15. The van der Waals surface area contributed by atoms with Crippen molar-refractivity contribution in [2.45, 2.75) is 0 Å². The summed E-state index contributed by atoms with van der Waals surface area (Å²) in [7, 11) is 0. The number of hydrogen-bond acceptors (Lipinski definition) is 1. The lowest BCUT2D eigenvalue weighted by atomic mass is 10.1. The van der Waals surface area contributed by atoms with Gasteiger partial charge in [-0.25, -0.2) is 4.98 Å². The number of halogens is 5. The fourth-order valence-electron chi connectivity index (χ4n) is 1.33. The van der Waals surface area contributed by atoms with Crippen molar-refractivity contribution < 1.29 is 0 Å². The molecule has 1 nitrogen and oxygen atoms in total. The van der Waals surface area contributed by atoms with Crippen LogP contribution in [0.2, 0.25) is 25.2 Å². The molecule has 0 aliphatic rings. The number of hydrogen-bond donors (Lipinski definition) is 0. The van der Waals surface area contributed by atoms with Crippen molar-refractivity contribution in [2.24, 2.45) is 0 Å². The van der Waals surface area contributed by atoms with Gasteiger partial charge in [0, 0.05) is 22.3 Å². The van der Waals surface area contributed by atoms with Gasteiger partial charge in [-0.2, -0.15) is 0 Å². The van der Waals surface area contributed by atoms with Crippen LogP contribution in [-0.2, 0) is 0 Å². The van der Waals surface area contributed by atoms with E-state index in [1.807, 2.05) is 0 Å². The molecule has 2 aromatic rings. The first-order chi connectivity index (χ1) is 7.99. The number of aromatic nitrogens is 1. The van der Waals surface area contributed by atoms with Gasteiger partial charge in [-0.05, 0) is 18.2 Å². The summed E-state index contributed by atoms with van der Waals surface area (Å²) in [6, 6.07) is 4.92. The highest BCUT2D eigenvalue weighted by Gasteiger charge is 2.11. The highest BCUT2D eigenvalue weighted by atomic mass is 35.5. The molecule has 0 radical (unpaired) electrons. The maximum Gasteiger partial charge on any atom is 0.147 e. The van der Waals surface area contributed by atoms with E-state index in [9.17, 15) is 0 Å². The average Bonchev–Trinajstić information content (AvgIpc) is 2.27. The van der Waals surface area contributed by atoms with Crippen molar-refractivity contribution in [2.75, 3.05) is 0 Å². The molecule has 0 atom stereocenters. The third-order valence-electron chi connectivity index (χ3n) is 2.10. The summed E-state index contributed by atoms with van der Waals surface area (Å²) in [5.41, 5.74) is 1.36. The summed E-state index contributed by atoms with van der Waals surface area (Å²) >= 11 is 29.6. The zero-order valence-corrected chi connectivity index (χ0v) is 11.9. The van der Waals surface area contributed by atoms with Gasteiger partial charge in [0.25, 0.3) is 0 Å². The van der Waals surface area contributed by atoms with E-state index >= 15 is 0 Å². The van der Waals surface area contributed by atoms with Crippen LogP contribution in [-0.4, -0.2) is 4.98 Å². The molecule has 0 unspecified atom stereocenters. The molecule has 0 fully saturated rings. The highest BCUT2D eigenvalue weighted by molar-refractivity contribution is 6.45. The number of nitrogens with zero attached hydrogens (tertiary/aromatic N) is 1. The fourth-order valence-corrected chi connectivity index (χ4v) is 2.32. The number of benzene rings is 1. The van der Waals surface area contributed by atoms with Crippen LogP contribution in [0.15, 0.2) is 24.4 Å². The maximum absolute atomic E-state index is 6.10. The van der Waals surface area contributed by atoms with E-state index in [-0.39, 0.29) is 5.15 Å². The van der Waals surface area contributed by atoms with E-state index in [1.54, 1.807) is 24.4 Å². The Kier molecular flexibility index (Phi) is 4.06. The summed E-state index contributed by atoms with van der Waals surface area (Å²) in [6.45, 7) is 0. The van der Waals surface area contributed by atoms with E-state index in [1.165, 1.54) is 0 Å². The molecule has 1 aromatic heterocycles. The molecule has 0 bridgehead atoms. The molecule has 0 saturated carbocycles. The van der Waals surface area contributed by atoms with Crippen LogP contribution in [0.3, 0.4) is 0 Å². The minimum absolute atomic E-state index is 0.236. The standard InChI is InChI=1S/C11H4Cl5N/c12-6-2-7(10(15)8(13)3-6)5-1-9(14)11(16)17-4-5/h1-4H. The summed E-state index contributed by atoms with van der Waals surface area (Å²) in [5.74, 6) is 0. The van der Waals surface area contributed by atoms with Crippen molar-refractivity contribution in [3.63, 3.8) is 0 Å². The minimum Gasteiger partial charge on any atom is -0.242 e. The van der Waals surface area contributed by atoms with Crippen LogP contribution in [0, 0.1) is 0 Å². The predicted octanol–water partition coefficient (Wildman–Crippen LogP) is 6.02. The van der Waals surface area contributed by atoms with Gasteiger partial charge in [-0.1, -0.05) is 58.0 Å². The van der Waals surface area contributed by atoms with Crippen LogP contribution in [0.5, 0.6) is 0 Å². The Morgan fingerprint density at radius 2 is 1.53 bits per heavy atom. The van der Waals surface area contributed by atoms with Crippen LogP contribution < -0.4 is 0 Å². The Morgan fingerprint density at radius 1 is 0.824 bits per heavy atom. The molecule has 0 amide bonds. The van der Waals surface area contributed by atoms with Gasteiger partial charge in [0.15, 0.2) is 0 Å². The first-order valence-corrected chi connectivity index (χ1v) is 6.34. The molecule has 17 heavy (non-hydrogen) atoms. The first kappa shape index (κ1) is 13.3. The summed E-state index contributed by atoms with van der Waals surface area (Å²) in [6.07, 6.45) is 1.56. The Labute approximate surface area is 123 Å². The Morgan fingerprint density at radius 3 is 2.18 bits per heavy atom. The lowest BCUT2D eigenvalue weighted by Gasteiger charge is -2.07. The largest absolute Gasteiger partial charge is 0.242 e. The molecule has 6 heteroatoms. The first-order valence-electron chi connectivity index (χ1n) is 4.45. The van der Waals surface area contributed by atoms with Crippen molar-refractivity contribution in [1.82, 2.24) is 4.98 Å². The molecule has 0 spiro atoms. The van der Waals surface area contributed by atoms with Crippen LogP contribution in [0.1, 0.15) is 0 Å². The molecular weight excluding hydrogens is 323 g/mol. The normalized spacial score (nSPS) is 10.6. The summed E-state index contributed by atoms with van der Waals surface area (Å²) in [5, 5.41) is 1.84. The van der Waals surface area contributed by atoms with Crippen molar-refractivity contribution in [3.05, 3.63) is 49.6 Å². The van der Waals surface area contributed by atoms with E-state index in [2.05, 4.69) is 4.98 Å². The molecule has 1 heterocycles. The van der Waals surface area contributed by atoms with E-state index in [0.29, 0.717) is 31.2 Å². The Hall–Kier alpha value is -0.180. The molecule has 2 rings (SSSR count). The summed E-state index contributed by atoms with van der Waals surface area (Å²) < 4.78 is 0. The lowest BCUT2D eigenvalue weighted by molar-refractivity contribution is 1.33. The maximum atomic E-state index is 6.10. The lowest BCUT2D eigenvalue weighted by Crippen LogP contribution is -1.85. The predicted molar refractivity (Wildman–Crippen MR) is 74.7 cm³/mol. The van der Waals surface area contributed by atoms with Gasteiger partial charge in [-0.15, -0.1) is 0 Å². The monoisotopic (exact) mass is 325 g/mol. The highest BCUT2D eigenvalue weighted by Crippen LogP contribution is 2.37. The van der Waals surface area contributed by atoms with E-state index in [0.717, 1.165) is 0 Å². The molecular formula is C11H4Cl5N. The fraction of sp³-hybridized carbons (Fsp3) is 0. The van der Waals surface area contributed by atoms with E-state index < -0.39 is 0 Å². The van der Waals surface area contributed by atoms with Gasteiger partial charge >= 0.3 is 0 Å². The second-order valence-corrected chi connectivity index (χ2v) is 5.23. The molecule has 1 aromatic carbocycles. The van der Waals surface area contributed by atoms with Gasteiger partial charge in [0.05, 0.1) is 15.1 Å². The molecule has 0 aliphatic heterocycles. The zero-order chi connectivity index (χ0) is 12.6. The van der Waals surface area contributed by atoms with Gasteiger partial charge in [-0.3, -0.25) is 0 Å². The van der Waals surface area contributed by atoms with Gasteiger partial charge in [0.2, 0.25) is 0 Å². The number of pyridine rings is 1. The van der Waals surface area contributed by atoms with Gasteiger partial charge < -0.3 is 0 Å². The number of rotatable bonds is 1. The van der Waals surface area contributed by atoms with Crippen LogP contribution in [0.4, 0.5) is 0 Å². The third kappa shape index (κ3) is 2.81. The Balaban J connectivity index is 2.64. The second-order valence-electron chi connectivity index (χ2n) is 3.25. The van der Waals surface area contributed by atoms with Crippen molar-refractivity contribution in [1.29, 1.82) is 0 Å². The SMILES string of the molecule is Clc1cc(Cl)c(Cl)c(-c2cnc(Cl)c(Cl)c2)c1. The second kappa shape index (κ2) is 5.21. The molecule has 0 saturated heterocycles. The molecule has 0 N–H and O–H groups in total. The quantitative estimate of drug-likeness (QED) is 0.461. The van der Waals surface area contributed by atoms with Gasteiger partial charge in [0.1, 0.15) is 5.15 Å². The minimum atomic E-state index is 0.236. The van der Waals surface area contributed by atoms with Crippen molar-refractivity contribution in [3.8, 4) is 11.1 Å². The molecule has 0 aliphatic carbocycles. The third-order valence-corrected chi connectivity index (χ3v) is 3.81. The average molecular weight is 327 g/mol. The summed E-state index contributed by atoms with van der Waals surface area (Å²) in [4.78, 5) is 3.94. The molecule has 88 valence electrons. The van der Waals surface area contributed by atoms with Crippen molar-refractivity contribution >= 4 is 58.0 Å². The smallest absolute Gasteiger partial charge is 0.147 e. The van der Waals surface area contributed by atoms with Crippen LogP contribution in [0.25, 0.3) is 11.1 Å².